The minimum absolute atomic E-state index is 0.0552. The van der Waals surface area contributed by atoms with Gasteiger partial charge in [0.05, 0.1) is 46.1 Å². The molecule has 5 rings (SSSR count). The third-order valence-corrected chi connectivity index (χ3v) is 8.74. The predicted molar refractivity (Wildman–Crippen MR) is 134 cm³/mol. The molecule has 1 aliphatic rings. The van der Waals surface area contributed by atoms with Gasteiger partial charge in [0.25, 0.3) is 0 Å². The zero-order chi connectivity index (χ0) is 24.0. The van der Waals surface area contributed by atoms with Crippen molar-refractivity contribution < 1.29 is 13.5 Å². The molecule has 0 amide bonds. The molecule has 1 aliphatic carbocycles. The molecule has 0 radical (unpaired) electrons. The maximum atomic E-state index is 13.1. The molecule has 34 heavy (non-hydrogen) atoms. The standard InChI is InChI=1S/C25H29N5O3S/c1-16(2)34(32,33)30-21-14-18(12-13-19(21)28-25(30)26)24-23(17-8-4-3-5-9-17)27-15-29(24)20-10-6-7-11-22(20)31/h3-5,8-9,12-16,20,22,31H,6-7,10-11H2,1-2H3,(H2,26,28). The van der Waals surface area contributed by atoms with Gasteiger partial charge in [0, 0.05) is 11.1 Å². The van der Waals surface area contributed by atoms with E-state index in [1.807, 2.05) is 47.0 Å². The number of hydrogen-bond acceptors (Lipinski definition) is 6. The number of nitrogens with zero attached hydrogens (tertiary/aromatic N) is 4. The van der Waals surface area contributed by atoms with E-state index >= 15 is 0 Å². The number of aromatic nitrogens is 4. The summed E-state index contributed by atoms with van der Waals surface area (Å²) in [6.07, 6.45) is 4.97. The second kappa shape index (κ2) is 8.56. The van der Waals surface area contributed by atoms with Gasteiger partial charge in [0.1, 0.15) is 0 Å². The number of hydrogen-bond donors (Lipinski definition) is 2. The van der Waals surface area contributed by atoms with Gasteiger partial charge in [-0.3, -0.25) is 0 Å². The van der Waals surface area contributed by atoms with Gasteiger partial charge in [-0.15, -0.1) is 0 Å². The zero-order valence-electron chi connectivity index (χ0n) is 19.3. The highest BCUT2D eigenvalue weighted by Crippen LogP contribution is 2.39. The maximum absolute atomic E-state index is 13.1. The summed E-state index contributed by atoms with van der Waals surface area (Å²) < 4.78 is 29.3. The molecule has 4 aromatic rings. The van der Waals surface area contributed by atoms with E-state index in [1.54, 1.807) is 26.2 Å². The summed E-state index contributed by atoms with van der Waals surface area (Å²) in [4.78, 5) is 9.03. The smallest absolute Gasteiger partial charge is 0.244 e. The molecule has 1 fully saturated rings. The third kappa shape index (κ3) is 3.69. The van der Waals surface area contributed by atoms with Crippen LogP contribution in [-0.2, 0) is 10.0 Å². The van der Waals surface area contributed by atoms with Crippen molar-refractivity contribution in [3.63, 3.8) is 0 Å². The van der Waals surface area contributed by atoms with Crippen molar-refractivity contribution in [3.8, 4) is 22.5 Å². The van der Waals surface area contributed by atoms with Gasteiger partial charge < -0.3 is 15.4 Å². The quantitative estimate of drug-likeness (QED) is 0.443. The molecule has 0 bridgehead atoms. The topological polar surface area (TPSA) is 116 Å². The molecule has 2 unspecified atom stereocenters. The normalized spacial score (nSPS) is 19.2. The Morgan fingerprint density at radius 3 is 2.50 bits per heavy atom. The molecule has 3 N–H and O–H groups in total. The molecule has 0 spiro atoms. The third-order valence-electron chi connectivity index (χ3n) is 6.65. The summed E-state index contributed by atoms with van der Waals surface area (Å²) in [5, 5.41) is 10.1. The molecule has 2 aromatic carbocycles. The molecule has 1 saturated carbocycles. The van der Waals surface area contributed by atoms with E-state index in [0.717, 1.165) is 52.2 Å². The van der Waals surface area contributed by atoms with Crippen LogP contribution in [0, 0.1) is 0 Å². The van der Waals surface area contributed by atoms with Crippen molar-refractivity contribution >= 4 is 27.0 Å². The number of nitrogen functional groups attached to an aromatic ring is 1. The van der Waals surface area contributed by atoms with Crippen LogP contribution in [0.1, 0.15) is 45.6 Å². The Hall–Kier alpha value is -3.17. The first-order valence-corrected chi connectivity index (χ1v) is 13.1. The van der Waals surface area contributed by atoms with Crippen molar-refractivity contribution in [2.24, 2.45) is 0 Å². The van der Waals surface area contributed by atoms with Gasteiger partial charge in [-0.1, -0.05) is 49.2 Å². The Morgan fingerprint density at radius 1 is 1.06 bits per heavy atom. The fourth-order valence-corrected chi connectivity index (χ4v) is 5.96. The van der Waals surface area contributed by atoms with Crippen LogP contribution < -0.4 is 5.73 Å². The first-order valence-electron chi connectivity index (χ1n) is 11.6. The SMILES string of the molecule is CC(C)S(=O)(=O)n1c(N)nc2ccc(-c3c(-c4ccccc4)ncn3C3CCCCC3O)cc21. The minimum Gasteiger partial charge on any atom is -0.391 e. The lowest BCUT2D eigenvalue weighted by Gasteiger charge is -2.30. The Kier molecular flexibility index (Phi) is 5.69. The highest BCUT2D eigenvalue weighted by Gasteiger charge is 2.29. The summed E-state index contributed by atoms with van der Waals surface area (Å²) in [7, 11) is -3.71. The average molecular weight is 480 g/mol. The Bertz CT molecular complexity index is 1440. The summed E-state index contributed by atoms with van der Waals surface area (Å²) >= 11 is 0. The van der Waals surface area contributed by atoms with Crippen LogP contribution in [0.5, 0.6) is 0 Å². The van der Waals surface area contributed by atoms with Crippen LogP contribution in [0.15, 0.2) is 54.9 Å². The monoisotopic (exact) mass is 479 g/mol. The van der Waals surface area contributed by atoms with Crippen molar-refractivity contribution in [3.05, 3.63) is 54.9 Å². The number of benzene rings is 2. The molecule has 9 heteroatoms. The number of aliphatic hydroxyl groups is 1. The van der Waals surface area contributed by atoms with E-state index in [2.05, 4.69) is 4.98 Å². The van der Waals surface area contributed by atoms with E-state index in [-0.39, 0.29) is 12.0 Å². The lowest BCUT2D eigenvalue weighted by atomic mass is 9.91. The Morgan fingerprint density at radius 2 is 1.79 bits per heavy atom. The van der Waals surface area contributed by atoms with Gasteiger partial charge in [-0.05, 0) is 38.8 Å². The van der Waals surface area contributed by atoms with E-state index in [1.165, 1.54) is 0 Å². The van der Waals surface area contributed by atoms with Crippen LogP contribution in [0.4, 0.5) is 5.95 Å². The van der Waals surface area contributed by atoms with Gasteiger partial charge in [-0.2, -0.15) is 0 Å². The minimum atomic E-state index is -3.71. The number of aliphatic hydroxyl groups excluding tert-OH is 1. The zero-order valence-corrected chi connectivity index (χ0v) is 20.1. The van der Waals surface area contributed by atoms with Crippen LogP contribution in [0.25, 0.3) is 33.5 Å². The summed E-state index contributed by atoms with van der Waals surface area (Å²) in [5.41, 5.74) is 10.4. The van der Waals surface area contributed by atoms with Crippen molar-refractivity contribution in [2.45, 2.75) is 56.9 Å². The van der Waals surface area contributed by atoms with Gasteiger partial charge in [0.2, 0.25) is 16.0 Å². The van der Waals surface area contributed by atoms with E-state index in [0.29, 0.717) is 11.0 Å². The van der Waals surface area contributed by atoms with E-state index in [4.69, 9.17) is 10.7 Å². The van der Waals surface area contributed by atoms with Crippen molar-refractivity contribution in [2.75, 3.05) is 5.73 Å². The van der Waals surface area contributed by atoms with Crippen molar-refractivity contribution in [1.82, 2.24) is 18.5 Å². The van der Waals surface area contributed by atoms with Crippen LogP contribution >= 0.6 is 0 Å². The summed E-state index contributed by atoms with van der Waals surface area (Å²) in [5.74, 6) is -0.0552. The molecule has 8 nitrogen and oxygen atoms in total. The summed E-state index contributed by atoms with van der Waals surface area (Å²) in [6.45, 7) is 3.25. The number of fused-ring (bicyclic) bond motifs is 1. The van der Waals surface area contributed by atoms with Crippen LogP contribution in [0.3, 0.4) is 0 Å². The van der Waals surface area contributed by atoms with Gasteiger partial charge >= 0.3 is 0 Å². The Labute approximate surface area is 199 Å². The molecule has 178 valence electrons. The van der Waals surface area contributed by atoms with Crippen LogP contribution in [0.2, 0.25) is 0 Å². The molecule has 0 aliphatic heterocycles. The molecule has 2 heterocycles. The summed E-state index contributed by atoms with van der Waals surface area (Å²) in [6, 6.07) is 15.3. The average Bonchev–Trinajstić information content (AvgIpc) is 3.40. The highest BCUT2D eigenvalue weighted by molar-refractivity contribution is 7.90. The van der Waals surface area contributed by atoms with Crippen molar-refractivity contribution in [1.29, 1.82) is 0 Å². The molecule has 0 saturated heterocycles. The predicted octanol–water partition coefficient (Wildman–Crippen LogP) is 4.21. The lowest BCUT2D eigenvalue weighted by molar-refractivity contribution is 0.0762. The van der Waals surface area contributed by atoms with E-state index in [9.17, 15) is 13.5 Å². The van der Waals surface area contributed by atoms with E-state index < -0.39 is 21.4 Å². The van der Waals surface area contributed by atoms with Gasteiger partial charge in [0.15, 0.2) is 0 Å². The van der Waals surface area contributed by atoms with Crippen LogP contribution in [-0.4, -0.2) is 43.4 Å². The number of nitrogens with two attached hydrogens (primary N) is 1. The van der Waals surface area contributed by atoms with Gasteiger partial charge in [-0.25, -0.2) is 22.4 Å². The molecule has 2 atom stereocenters. The first kappa shape index (κ1) is 22.6. The molecule has 2 aromatic heterocycles. The number of anilines is 1. The molecular formula is C25H29N5O3S. The second-order valence-corrected chi connectivity index (χ2v) is 11.5. The lowest BCUT2D eigenvalue weighted by Crippen LogP contribution is -2.27. The maximum Gasteiger partial charge on any atom is 0.244 e. The second-order valence-electron chi connectivity index (χ2n) is 9.17. The number of rotatable bonds is 5. The fraction of sp³-hybridized carbons (Fsp3) is 0.360. The highest BCUT2D eigenvalue weighted by atomic mass is 32.2. The number of imidazole rings is 2. The molecular weight excluding hydrogens is 450 g/mol. The first-order chi connectivity index (χ1) is 16.3. The fourth-order valence-electron chi connectivity index (χ4n) is 4.82. The largest absolute Gasteiger partial charge is 0.391 e. The Balaban J connectivity index is 1.76.